The first-order valence-corrected chi connectivity index (χ1v) is 8.88. The number of aromatic nitrogens is 2. The lowest BCUT2D eigenvalue weighted by molar-refractivity contribution is -0.129. The van der Waals surface area contributed by atoms with E-state index in [4.69, 9.17) is 0 Å². The molecule has 0 unspecified atom stereocenters. The predicted octanol–water partition coefficient (Wildman–Crippen LogP) is 0.908. The first kappa shape index (κ1) is 15.1. The molecule has 1 aliphatic carbocycles. The minimum Gasteiger partial charge on any atom is -0.329 e. The lowest BCUT2D eigenvalue weighted by atomic mass is 10.0. The van der Waals surface area contributed by atoms with Crippen LogP contribution in [0.4, 0.5) is 0 Å². The Balaban J connectivity index is 1.52. The third-order valence-corrected chi connectivity index (χ3v) is 5.75. The summed E-state index contributed by atoms with van der Waals surface area (Å²) < 4.78 is 1.93. The van der Waals surface area contributed by atoms with Crippen LogP contribution < -0.4 is 5.32 Å². The molecule has 1 amide bonds. The van der Waals surface area contributed by atoms with Crippen molar-refractivity contribution in [1.29, 1.82) is 0 Å². The highest BCUT2D eigenvalue weighted by Crippen LogP contribution is 2.41. The van der Waals surface area contributed by atoms with Crippen molar-refractivity contribution in [2.24, 2.45) is 7.05 Å². The number of likely N-dealkylation sites (tertiary alicyclic amines) is 2. The molecule has 23 heavy (non-hydrogen) atoms. The third kappa shape index (κ3) is 2.78. The van der Waals surface area contributed by atoms with Crippen LogP contribution in [0.3, 0.4) is 0 Å². The van der Waals surface area contributed by atoms with Crippen LogP contribution in [0, 0.1) is 0 Å². The molecule has 1 aromatic heterocycles. The van der Waals surface area contributed by atoms with Crippen LogP contribution in [-0.2, 0) is 11.8 Å². The number of rotatable bonds is 5. The number of nitrogens with one attached hydrogen (secondary N) is 1. The van der Waals surface area contributed by atoms with Crippen LogP contribution in [0.25, 0.3) is 0 Å². The van der Waals surface area contributed by atoms with Crippen LogP contribution in [0.2, 0.25) is 0 Å². The lowest BCUT2D eigenvalue weighted by Crippen LogP contribution is -2.43. The molecule has 2 aliphatic heterocycles. The van der Waals surface area contributed by atoms with Gasteiger partial charge in [0.2, 0.25) is 5.91 Å². The monoisotopic (exact) mass is 317 g/mol. The minimum absolute atomic E-state index is 0.134. The number of carbonyl (C=O) groups is 1. The lowest BCUT2D eigenvalue weighted by Gasteiger charge is -2.30. The van der Waals surface area contributed by atoms with Gasteiger partial charge in [-0.15, -0.1) is 0 Å². The molecule has 1 aromatic rings. The summed E-state index contributed by atoms with van der Waals surface area (Å²) in [6, 6.07) is 3.45. The molecule has 0 spiro atoms. The average molecular weight is 317 g/mol. The van der Waals surface area contributed by atoms with Crippen LogP contribution in [-0.4, -0.2) is 63.8 Å². The van der Waals surface area contributed by atoms with Crippen molar-refractivity contribution in [3.05, 3.63) is 18.0 Å². The molecule has 0 bridgehead atoms. The van der Waals surface area contributed by atoms with Gasteiger partial charge in [-0.25, -0.2) is 0 Å². The fraction of sp³-hybridized carbons (Fsp3) is 0.765. The van der Waals surface area contributed by atoms with Crippen molar-refractivity contribution in [2.75, 3.05) is 20.1 Å². The number of nitrogens with zero attached hydrogens (tertiary/aromatic N) is 4. The second kappa shape index (κ2) is 5.91. The molecule has 6 nitrogen and oxygen atoms in total. The molecular weight excluding hydrogens is 290 g/mol. The summed E-state index contributed by atoms with van der Waals surface area (Å²) in [5.74, 6) is 0.302. The highest BCUT2D eigenvalue weighted by molar-refractivity contribution is 5.81. The highest BCUT2D eigenvalue weighted by Gasteiger charge is 2.48. The second-order valence-corrected chi connectivity index (χ2v) is 7.35. The van der Waals surface area contributed by atoms with E-state index < -0.39 is 0 Å². The van der Waals surface area contributed by atoms with Gasteiger partial charge < -0.3 is 15.1 Å². The number of hydrogen-bond donors (Lipinski definition) is 1. The molecule has 3 aliphatic rings. The van der Waals surface area contributed by atoms with E-state index in [0.29, 0.717) is 24.4 Å². The summed E-state index contributed by atoms with van der Waals surface area (Å²) in [6.07, 6.45) is 7.29. The Morgan fingerprint density at radius 1 is 1.30 bits per heavy atom. The maximum absolute atomic E-state index is 12.6. The molecule has 3 fully saturated rings. The Morgan fingerprint density at radius 2 is 2.13 bits per heavy atom. The van der Waals surface area contributed by atoms with E-state index in [2.05, 4.69) is 33.3 Å². The van der Waals surface area contributed by atoms with Crippen LogP contribution in [0.5, 0.6) is 0 Å². The van der Waals surface area contributed by atoms with Crippen molar-refractivity contribution in [3.8, 4) is 0 Å². The standard InChI is InChI=1S/C17H27N5O/c1-20-9-3-4-13(20)11-18-14-10-16(23)22(12-5-6-12)17(14)15-7-8-19-21(15)2/h7-8,12-14,17-18H,3-6,9-11H2,1-2H3/t13-,14-,17-/m1/s1. The summed E-state index contributed by atoms with van der Waals surface area (Å²) >= 11 is 0. The summed E-state index contributed by atoms with van der Waals surface area (Å²) in [7, 11) is 4.18. The molecule has 3 atom stereocenters. The van der Waals surface area contributed by atoms with Crippen molar-refractivity contribution in [1.82, 2.24) is 24.9 Å². The van der Waals surface area contributed by atoms with Gasteiger partial charge >= 0.3 is 0 Å². The van der Waals surface area contributed by atoms with Gasteiger partial charge in [0.15, 0.2) is 0 Å². The van der Waals surface area contributed by atoms with Crippen LogP contribution in [0.15, 0.2) is 12.3 Å². The first-order valence-electron chi connectivity index (χ1n) is 8.88. The van der Waals surface area contributed by atoms with Gasteiger partial charge in [0.1, 0.15) is 0 Å². The quantitative estimate of drug-likeness (QED) is 0.877. The number of hydrogen-bond acceptors (Lipinski definition) is 4. The Bertz CT molecular complexity index is 581. The van der Waals surface area contributed by atoms with Gasteiger partial charge in [-0.2, -0.15) is 5.10 Å². The number of likely N-dealkylation sites (N-methyl/N-ethyl adjacent to an activating group) is 1. The second-order valence-electron chi connectivity index (χ2n) is 7.35. The molecule has 6 heteroatoms. The van der Waals surface area contributed by atoms with Gasteiger partial charge in [0.05, 0.1) is 11.7 Å². The SMILES string of the molecule is CN1CCC[C@@H]1CN[C@@H]1CC(=O)N(C2CC2)[C@H]1c1ccnn1C. The first-order chi connectivity index (χ1) is 11.1. The van der Waals surface area contributed by atoms with Gasteiger partial charge in [-0.1, -0.05) is 0 Å². The fourth-order valence-corrected chi connectivity index (χ4v) is 4.27. The van der Waals surface area contributed by atoms with Gasteiger partial charge in [-0.05, 0) is 45.3 Å². The maximum Gasteiger partial charge on any atom is 0.225 e. The van der Waals surface area contributed by atoms with E-state index >= 15 is 0 Å². The number of carbonyl (C=O) groups excluding carboxylic acids is 1. The Labute approximate surface area is 137 Å². The van der Waals surface area contributed by atoms with Crippen molar-refractivity contribution >= 4 is 5.91 Å². The molecule has 126 valence electrons. The number of amides is 1. The third-order valence-electron chi connectivity index (χ3n) is 5.75. The average Bonchev–Trinajstić information content (AvgIpc) is 3.00. The van der Waals surface area contributed by atoms with E-state index in [0.717, 1.165) is 25.1 Å². The van der Waals surface area contributed by atoms with Gasteiger partial charge in [0.25, 0.3) is 0 Å². The molecule has 2 saturated heterocycles. The Kier molecular flexibility index (Phi) is 3.89. The zero-order valence-corrected chi connectivity index (χ0v) is 14.1. The summed E-state index contributed by atoms with van der Waals surface area (Å²) in [5.41, 5.74) is 1.15. The van der Waals surface area contributed by atoms with E-state index in [1.54, 1.807) is 0 Å². The topological polar surface area (TPSA) is 53.4 Å². The normalized spacial score (nSPS) is 32.2. The summed E-state index contributed by atoms with van der Waals surface area (Å²) in [6.45, 7) is 2.16. The van der Waals surface area contributed by atoms with Gasteiger partial charge in [-0.3, -0.25) is 9.48 Å². The van der Waals surface area contributed by atoms with E-state index in [9.17, 15) is 4.79 Å². The summed E-state index contributed by atoms with van der Waals surface area (Å²) in [5, 5.41) is 8.04. The van der Waals surface area contributed by atoms with E-state index in [-0.39, 0.29) is 12.1 Å². The molecule has 0 radical (unpaired) electrons. The predicted molar refractivity (Wildman–Crippen MR) is 87.9 cm³/mol. The van der Waals surface area contributed by atoms with Gasteiger partial charge in [0, 0.05) is 44.3 Å². The number of aryl methyl sites for hydroxylation is 1. The Morgan fingerprint density at radius 3 is 2.74 bits per heavy atom. The smallest absolute Gasteiger partial charge is 0.225 e. The summed E-state index contributed by atoms with van der Waals surface area (Å²) in [4.78, 5) is 17.2. The molecule has 1 N–H and O–H groups in total. The van der Waals surface area contributed by atoms with Crippen molar-refractivity contribution in [2.45, 2.75) is 56.3 Å². The maximum atomic E-state index is 12.6. The van der Waals surface area contributed by atoms with E-state index in [1.807, 2.05) is 17.9 Å². The molecule has 0 aromatic carbocycles. The van der Waals surface area contributed by atoms with Crippen LogP contribution in [0.1, 0.15) is 43.8 Å². The Hall–Kier alpha value is -1.40. The molecule has 4 rings (SSSR count). The minimum atomic E-state index is 0.134. The van der Waals surface area contributed by atoms with Crippen molar-refractivity contribution < 1.29 is 4.79 Å². The van der Waals surface area contributed by atoms with Crippen LogP contribution >= 0.6 is 0 Å². The molecule has 1 saturated carbocycles. The zero-order valence-electron chi connectivity index (χ0n) is 14.1. The van der Waals surface area contributed by atoms with Crippen molar-refractivity contribution in [3.63, 3.8) is 0 Å². The zero-order chi connectivity index (χ0) is 16.0. The molecule has 3 heterocycles. The van der Waals surface area contributed by atoms with E-state index in [1.165, 1.54) is 19.4 Å². The fourth-order valence-electron chi connectivity index (χ4n) is 4.27. The largest absolute Gasteiger partial charge is 0.329 e. The molecular formula is C17H27N5O. The highest BCUT2D eigenvalue weighted by atomic mass is 16.2.